The third-order valence-corrected chi connectivity index (χ3v) is 9.77. The quantitative estimate of drug-likeness (QED) is 0.510. The van der Waals surface area contributed by atoms with E-state index in [0.29, 0.717) is 35.8 Å². The summed E-state index contributed by atoms with van der Waals surface area (Å²) < 4.78 is 27.7. The van der Waals surface area contributed by atoms with Crippen molar-refractivity contribution in [3.63, 3.8) is 0 Å². The molecule has 1 saturated heterocycles. The predicted molar refractivity (Wildman–Crippen MR) is 142 cm³/mol. The number of nitrogens with one attached hydrogen (secondary N) is 1. The first-order valence-corrected chi connectivity index (χ1v) is 14.6. The van der Waals surface area contributed by atoms with Gasteiger partial charge in [0.25, 0.3) is 5.91 Å². The molecular weight excluding hydrogens is 520 g/mol. The number of carbonyl (C=O) groups excluding carboxylic acids is 2. The fourth-order valence-corrected chi connectivity index (χ4v) is 6.83. The Kier molecular flexibility index (Phi) is 7.87. The van der Waals surface area contributed by atoms with Gasteiger partial charge < -0.3 is 14.8 Å². The Bertz CT molecular complexity index is 1490. The van der Waals surface area contributed by atoms with Crippen LogP contribution in [0.4, 0.5) is 0 Å². The molecule has 0 radical (unpaired) electrons. The van der Waals surface area contributed by atoms with Gasteiger partial charge in [-0.2, -0.15) is 0 Å². The molecule has 11 heteroatoms. The highest BCUT2D eigenvalue weighted by Crippen LogP contribution is 2.24. The number of fused-ring (bicyclic) bond motifs is 1. The van der Waals surface area contributed by atoms with Crippen LogP contribution in [0.3, 0.4) is 0 Å². The SMILES string of the molecule is CNC(=O)c1sc(=NC2CCN(C(=O)CCS(=O)(=O)c3ccc4cc(Cl)ccc4c3)CC2)n(C)c1C. The lowest BCUT2D eigenvalue weighted by Gasteiger charge is -2.30. The lowest BCUT2D eigenvalue weighted by atomic mass is 10.1. The number of halogens is 1. The van der Waals surface area contributed by atoms with Gasteiger partial charge in [-0.15, -0.1) is 0 Å². The van der Waals surface area contributed by atoms with Gasteiger partial charge in [-0.25, -0.2) is 8.42 Å². The maximum Gasteiger partial charge on any atom is 0.263 e. The Morgan fingerprint density at radius 2 is 1.81 bits per heavy atom. The summed E-state index contributed by atoms with van der Waals surface area (Å²) in [5, 5.41) is 4.89. The molecule has 36 heavy (non-hydrogen) atoms. The normalized spacial score (nSPS) is 15.4. The van der Waals surface area contributed by atoms with E-state index in [9.17, 15) is 18.0 Å². The van der Waals surface area contributed by atoms with E-state index in [2.05, 4.69) is 5.32 Å². The Balaban J connectivity index is 1.36. The largest absolute Gasteiger partial charge is 0.354 e. The zero-order valence-electron chi connectivity index (χ0n) is 20.5. The fraction of sp³-hybridized carbons (Fsp3) is 0.400. The van der Waals surface area contributed by atoms with E-state index in [-0.39, 0.29) is 34.9 Å². The number of sulfone groups is 1. The van der Waals surface area contributed by atoms with Crippen molar-refractivity contribution in [3.05, 3.63) is 56.8 Å². The molecule has 2 heterocycles. The van der Waals surface area contributed by atoms with Crippen LogP contribution in [-0.2, 0) is 21.7 Å². The number of nitrogens with zero attached hydrogens (tertiary/aromatic N) is 3. The molecule has 2 amide bonds. The minimum absolute atomic E-state index is 0.0469. The second-order valence-electron chi connectivity index (χ2n) is 8.90. The summed E-state index contributed by atoms with van der Waals surface area (Å²) in [6, 6.07) is 10.3. The van der Waals surface area contributed by atoms with E-state index in [1.165, 1.54) is 11.3 Å². The molecule has 1 aliphatic heterocycles. The van der Waals surface area contributed by atoms with Gasteiger partial charge in [0, 0.05) is 44.3 Å². The van der Waals surface area contributed by atoms with Crippen molar-refractivity contribution in [2.75, 3.05) is 25.9 Å². The van der Waals surface area contributed by atoms with Crippen LogP contribution in [0.25, 0.3) is 10.8 Å². The number of piperidine rings is 1. The molecule has 3 aromatic rings. The van der Waals surface area contributed by atoms with Gasteiger partial charge in [0.2, 0.25) is 5.91 Å². The number of benzene rings is 2. The van der Waals surface area contributed by atoms with Crippen molar-refractivity contribution >= 4 is 55.4 Å². The fourth-order valence-electron chi connectivity index (χ4n) is 4.25. The highest BCUT2D eigenvalue weighted by Gasteiger charge is 2.25. The van der Waals surface area contributed by atoms with E-state index in [1.807, 2.05) is 18.5 Å². The first-order chi connectivity index (χ1) is 17.1. The van der Waals surface area contributed by atoms with Gasteiger partial charge in [-0.05, 0) is 54.8 Å². The van der Waals surface area contributed by atoms with Crippen LogP contribution in [0.1, 0.15) is 34.6 Å². The molecule has 1 aliphatic rings. The van der Waals surface area contributed by atoms with Gasteiger partial charge in [0.05, 0.1) is 16.7 Å². The molecule has 192 valence electrons. The first kappa shape index (κ1) is 26.4. The zero-order valence-corrected chi connectivity index (χ0v) is 22.8. The minimum atomic E-state index is -3.60. The third kappa shape index (κ3) is 5.66. The maximum atomic E-state index is 12.9. The van der Waals surface area contributed by atoms with E-state index < -0.39 is 9.84 Å². The molecule has 0 bridgehead atoms. The van der Waals surface area contributed by atoms with Crippen LogP contribution >= 0.6 is 22.9 Å². The zero-order chi connectivity index (χ0) is 26.0. The molecule has 0 unspecified atom stereocenters. The summed E-state index contributed by atoms with van der Waals surface area (Å²) >= 11 is 7.37. The monoisotopic (exact) mass is 548 g/mol. The predicted octanol–water partition coefficient (Wildman–Crippen LogP) is 3.32. The molecule has 4 rings (SSSR count). The number of hydrogen-bond acceptors (Lipinski definition) is 6. The number of thiazole rings is 1. The van der Waals surface area contributed by atoms with Crippen molar-refractivity contribution < 1.29 is 18.0 Å². The number of rotatable bonds is 6. The Morgan fingerprint density at radius 1 is 1.14 bits per heavy atom. The Morgan fingerprint density at radius 3 is 2.50 bits per heavy atom. The van der Waals surface area contributed by atoms with Crippen LogP contribution in [0, 0.1) is 6.92 Å². The Labute approximate surface area is 219 Å². The highest BCUT2D eigenvalue weighted by atomic mass is 35.5. The summed E-state index contributed by atoms with van der Waals surface area (Å²) in [6.45, 7) is 2.95. The second-order valence-corrected chi connectivity index (χ2v) is 12.4. The van der Waals surface area contributed by atoms with Crippen molar-refractivity contribution in [1.82, 2.24) is 14.8 Å². The van der Waals surface area contributed by atoms with Gasteiger partial charge >= 0.3 is 0 Å². The highest BCUT2D eigenvalue weighted by molar-refractivity contribution is 7.91. The number of amides is 2. The van der Waals surface area contributed by atoms with Crippen molar-refractivity contribution in [2.24, 2.45) is 12.0 Å². The van der Waals surface area contributed by atoms with Gasteiger partial charge in [0.15, 0.2) is 14.6 Å². The molecule has 0 aliphatic carbocycles. The third-order valence-electron chi connectivity index (χ3n) is 6.57. The van der Waals surface area contributed by atoms with Crippen LogP contribution in [0.15, 0.2) is 46.3 Å². The molecule has 1 N–H and O–H groups in total. The number of likely N-dealkylation sites (tertiary alicyclic amines) is 1. The van der Waals surface area contributed by atoms with Gasteiger partial charge in [0.1, 0.15) is 4.88 Å². The molecule has 0 spiro atoms. The summed E-state index contributed by atoms with van der Waals surface area (Å²) in [6.07, 6.45) is 1.33. The lowest BCUT2D eigenvalue weighted by Crippen LogP contribution is -2.40. The molecule has 1 fully saturated rings. The first-order valence-electron chi connectivity index (χ1n) is 11.7. The smallest absolute Gasteiger partial charge is 0.263 e. The molecule has 1 aromatic heterocycles. The van der Waals surface area contributed by atoms with Crippen molar-refractivity contribution in [2.45, 2.75) is 37.1 Å². The summed E-state index contributed by atoms with van der Waals surface area (Å²) in [4.78, 5) is 33.0. The number of hydrogen-bond donors (Lipinski definition) is 1. The van der Waals surface area contributed by atoms with Gasteiger partial charge in [-0.3, -0.25) is 14.6 Å². The van der Waals surface area contributed by atoms with Crippen LogP contribution in [0.5, 0.6) is 0 Å². The van der Waals surface area contributed by atoms with Crippen molar-refractivity contribution in [3.8, 4) is 0 Å². The minimum Gasteiger partial charge on any atom is -0.354 e. The summed E-state index contributed by atoms with van der Waals surface area (Å²) in [5.41, 5.74) is 0.863. The van der Waals surface area contributed by atoms with Gasteiger partial charge in [-0.1, -0.05) is 35.1 Å². The summed E-state index contributed by atoms with van der Waals surface area (Å²) in [5.74, 6) is -0.524. The maximum absolute atomic E-state index is 12.9. The number of aromatic nitrogens is 1. The second kappa shape index (κ2) is 10.7. The van der Waals surface area contributed by atoms with Crippen LogP contribution < -0.4 is 10.1 Å². The van der Waals surface area contributed by atoms with E-state index >= 15 is 0 Å². The van der Waals surface area contributed by atoms with E-state index in [1.54, 1.807) is 48.3 Å². The number of carbonyl (C=O) groups is 2. The molecule has 8 nitrogen and oxygen atoms in total. The van der Waals surface area contributed by atoms with Crippen LogP contribution in [0.2, 0.25) is 5.02 Å². The Hall–Kier alpha value is -2.69. The topological polar surface area (TPSA) is 101 Å². The lowest BCUT2D eigenvalue weighted by molar-refractivity contribution is -0.131. The molecule has 0 atom stereocenters. The molecule has 0 saturated carbocycles. The molecule has 2 aromatic carbocycles. The standard InChI is InChI=1S/C25H29ClN4O4S2/c1-16-23(24(32)27-2)35-25(29(16)3)28-20-8-11-30(12-9-20)22(31)10-13-36(33,34)21-7-5-17-14-19(26)6-4-18(17)15-21/h4-7,14-15,20H,8-13H2,1-3H3,(H,27,32). The average molecular weight is 549 g/mol. The van der Waals surface area contributed by atoms with E-state index in [0.717, 1.165) is 21.3 Å². The average Bonchev–Trinajstić information content (AvgIpc) is 3.15. The van der Waals surface area contributed by atoms with Crippen molar-refractivity contribution in [1.29, 1.82) is 0 Å². The summed E-state index contributed by atoms with van der Waals surface area (Å²) in [7, 11) is -0.101. The molecular formula is C25H29ClN4O4S2. The van der Waals surface area contributed by atoms with Crippen LogP contribution in [-0.4, -0.2) is 61.6 Å². The van der Waals surface area contributed by atoms with E-state index in [4.69, 9.17) is 16.6 Å².